The highest BCUT2D eigenvalue weighted by Crippen LogP contribution is 2.20. The molecule has 0 unspecified atom stereocenters. The number of carboxylic acid groups (broad SMARTS) is 1. The SMILES string of the molecule is CCC(CC)(NC(=O)c1ccc(C)c(Br)c1)C(=O)O. The number of aryl methyl sites for hydroxylation is 1. The third-order valence-corrected chi connectivity index (χ3v) is 4.26. The van der Waals surface area contributed by atoms with E-state index >= 15 is 0 Å². The lowest BCUT2D eigenvalue weighted by atomic mass is 9.92. The van der Waals surface area contributed by atoms with Crippen LogP contribution in [0.1, 0.15) is 42.6 Å². The zero-order valence-corrected chi connectivity index (χ0v) is 12.9. The standard InChI is InChI=1S/C14H18BrNO3/c1-4-14(5-2,13(18)19)16-12(17)10-7-6-9(3)11(15)8-10/h6-8H,4-5H2,1-3H3,(H,16,17)(H,18,19). The molecule has 0 bridgehead atoms. The van der Waals surface area contributed by atoms with Gasteiger partial charge in [0.05, 0.1) is 0 Å². The lowest BCUT2D eigenvalue weighted by molar-refractivity contribution is -0.144. The fraction of sp³-hybridized carbons (Fsp3) is 0.429. The normalized spacial score (nSPS) is 11.2. The lowest BCUT2D eigenvalue weighted by Gasteiger charge is -2.28. The van der Waals surface area contributed by atoms with Crippen molar-refractivity contribution in [2.45, 2.75) is 39.2 Å². The minimum absolute atomic E-state index is 0.345. The van der Waals surface area contributed by atoms with Gasteiger partial charge in [0.25, 0.3) is 5.91 Å². The number of amides is 1. The number of carbonyl (C=O) groups excluding carboxylic acids is 1. The van der Waals surface area contributed by atoms with E-state index in [0.717, 1.165) is 10.0 Å². The smallest absolute Gasteiger partial charge is 0.329 e. The molecule has 0 radical (unpaired) electrons. The van der Waals surface area contributed by atoms with Gasteiger partial charge in [0.1, 0.15) is 5.54 Å². The van der Waals surface area contributed by atoms with E-state index in [2.05, 4.69) is 21.2 Å². The van der Waals surface area contributed by atoms with Crippen LogP contribution in [-0.2, 0) is 4.79 Å². The average molecular weight is 328 g/mol. The Morgan fingerprint density at radius 1 is 1.32 bits per heavy atom. The molecule has 1 rings (SSSR count). The fourth-order valence-corrected chi connectivity index (χ4v) is 2.19. The predicted octanol–water partition coefficient (Wildman–Crippen LogP) is 3.13. The van der Waals surface area contributed by atoms with E-state index in [9.17, 15) is 14.7 Å². The molecule has 1 aromatic rings. The molecule has 0 fully saturated rings. The van der Waals surface area contributed by atoms with E-state index < -0.39 is 11.5 Å². The summed E-state index contributed by atoms with van der Waals surface area (Å²) >= 11 is 3.36. The number of halogens is 1. The second-order valence-electron chi connectivity index (χ2n) is 4.51. The molecular formula is C14H18BrNO3. The number of carbonyl (C=O) groups is 2. The molecule has 1 aromatic carbocycles. The minimum Gasteiger partial charge on any atom is -0.480 e. The molecule has 2 N–H and O–H groups in total. The quantitative estimate of drug-likeness (QED) is 0.873. The molecule has 0 heterocycles. The van der Waals surface area contributed by atoms with Gasteiger partial charge >= 0.3 is 5.97 Å². The van der Waals surface area contributed by atoms with Crippen LogP contribution in [0.25, 0.3) is 0 Å². The number of nitrogens with one attached hydrogen (secondary N) is 1. The van der Waals surface area contributed by atoms with Crippen molar-refractivity contribution < 1.29 is 14.7 Å². The van der Waals surface area contributed by atoms with Gasteiger partial charge in [0.15, 0.2) is 0 Å². The van der Waals surface area contributed by atoms with Gasteiger partial charge in [-0.15, -0.1) is 0 Å². The highest BCUT2D eigenvalue weighted by molar-refractivity contribution is 9.10. The molecule has 0 aliphatic carbocycles. The van der Waals surface area contributed by atoms with Crippen molar-refractivity contribution in [3.05, 3.63) is 33.8 Å². The number of benzene rings is 1. The topological polar surface area (TPSA) is 66.4 Å². The molecule has 19 heavy (non-hydrogen) atoms. The number of aliphatic carboxylic acids is 1. The highest BCUT2D eigenvalue weighted by atomic mass is 79.9. The Labute approximate surface area is 121 Å². The Bertz CT molecular complexity index is 495. The van der Waals surface area contributed by atoms with Gasteiger partial charge in [-0.25, -0.2) is 4.79 Å². The summed E-state index contributed by atoms with van der Waals surface area (Å²) in [6.07, 6.45) is 0.690. The molecule has 4 nitrogen and oxygen atoms in total. The summed E-state index contributed by atoms with van der Waals surface area (Å²) in [6, 6.07) is 5.20. The molecule has 0 saturated carbocycles. The van der Waals surface area contributed by atoms with Gasteiger partial charge in [-0.1, -0.05) is 35.8 Å². The van der Waals surface area contributed by atoms with Crippen molar-refractivity contribution in [3.63, 3.8) is 0 Å². The summed E-state index contributed by atoms with van der Waals surface area (Å²) in [5.41, 5.74) is 0.270. The number of rotatable bonds is 5. The first kappa shape index (κ1) is 15.7. The van der Waals surface area contributed by atoms with Crippen LogP contribution >= 0.6 is 15.9 Å². The van der Waals surface area contributed by atoms with Gasteiger partial charge in [0, 0.05) is 10.0 Å². The Morgan fingerprint density at radius 2 is 1.89 bits per heavy atom. The number of hydrogen-bond acceptors (Lipinski definition) is 2. The van der Waals surface area contributed by atoms with E-state index in [1.165, 1.54) is 0 Å². The van der Waals surface area contributed by atoms with Crippen LogP contribution in [0, 0.1) is 6.92 Å². The van der Waals surface area contributed by atoms with Crippen molar-refractivity contribution in [2.24, 2.45) is 0 Å². The molecule has 0 aromatic heterocycles. The van der Waals surface area contributed by atoms with Crippen LogP contribution in [-0.4, -0.2) is 22.5 Å². The maximum Gasteiger partial charge on any atom is 0.329 e. The van der Waals surface area contributed by atoms with Crippen LogP contribution in [0.5, 0.6) is 0 Å². The van der Waals surface area contributed by atoms with Crippen molar-refractivity contribution in [1.29, 1.82) is 0 Å². The summed E-state index contributed by atoms with van der Waals surface area (Å²) in [7, 11) is 0. The summed E-state index contributed by atoms with van der Waals surface area (Å²) in [4.78, 5) is 23.5. The molecule has 1 amide bonds. The van der Waals surface area contributed by atoms with Crippen LogP contribution in [0.3, 0.4) is 0 Å². The van der Waals surface area contributed by atoms with Crippen molar-refractivity contribution in [1.82, 2.24) is 5.32 Å². The summed E-state index contributed by atoms with van der Waals surface area (Å²) in [5.74, 6) is -1.37. The van der Waals surface area contributed by atoms with Gasteiger partial charge < -0.3 is 10.4 Å². The second-order valence-corrected chi connectivity index (χ2v) is 5.37. The minimum atomic E-state index is -1.20. The van der Waals surface area contributed by atoms with E-state index in [4.69, 9.17) is 0 Å². The molecule has 0 aliphatic heterocycles. The molecule has 0 aliphatic rings. The van der Waals surface area contributed by atoms with E-state index in [1.807, 2.05) is 13.0 Å². The van der Waals surface area contributed by atoms with Crippen LogP contribution in [0.15, 0.2) is 22.7 Å². The fourth-order valence-electron chi connectivity index (χ4n) is 1.81. The number of carboxylic acids is 1. The first-order valence-corrected chi connectivity index (χ1v) is 6.97. The van der Waals surface area contributed by atoms with Crippen LogP contribution in [0.2, 0.25) is 0 Å². The maximum absolute atomic E-state index is 12.2. The Hall–Kier alpha value is -1.36. The van der Waals surface area contributed by atoms with E-state index in [1.54, 1.807) is 26.0 Å². The molecule has 5 heteroatoms. The van der Waals surface area contributed by atoms with Crippen LogP contribution < -0.4 is 5.32 Å². The van der Waals surface area contributed by atoms with Crippen molar-refractivity contribution in [2.75, 3.05) is 0 Å². The first-order chi connectivity index (χ1) is 8.86. The Balaban J connectivity index is 3.00. The maximum atomic E-state index is 12.2. The molecule has 0 saturated heterocycles. The zero-order valence-electron chi connectivity index (χ0n) is 11.3. The molecule has 0 atom stereocenters. The van der Waals surface area contributed by atoms with E-state index in [-0.39, 0.29) is 5.91 Å². The lowest BCUT2D eigenvalue weighted by Crippen LogP contribution is -2.53. The highest BCUT2D eigenvalue weighted by Gasteiger charge is 2.36. The van der Waals surface area contributed by atoms with Crippen molar-refractivity contribution in [3.8, 4) is 0 Å². The van der Waals surface area contributed by atoms with Crippen molar-refractivity contribution >= 4 is 27.8 Å². The summed E-state index contributed by atoms with van der Waals surface area (Å²) < 4.78 is 0.828. The van der Waals surface area contributed by atoms with Gasteiger partial charge in [-0.2, -0.15) is 0 Å². The Morgan fingerprint density at radius 3 is 2.32 bits per heavy atom. The van der Waals surface area contributed by atoms with Crippen LogP contribution in [0.4, 0.5) is 0 Å². The van der Waals surface area contributed by atoms with Gasteiger partial charge in [-0.05, 0) is 37.5 Å². The third-order valence-electron chi connectivity index (χ3n) is 3.40. The predicted molar refractivity (Wildman–Crippen MR) is 77.3 cm³/mol. The number of hydrogen-bond donors (Lipinski definition) is 2. The summed E-state index contributed by atoms with van der Waals surface area (Å²) in [6.45, 7) is 5.43. The average Bonchev–Trinajstić information content (AvgIpc) is 2.38. The molecule has 0 spiro atoms. The largest absolute Gasteiger partial charge is 0.480 e. The molecular weight excluding hydrogens is 310 g/mol. The Kier molecular flexibility index (Phi) is 5.11. The monoisotopic (exact) mass is 327 g/mol. The van der Waals surface area contributed by atoms with E-state index in [0.29, 0.717) is 18.4 Å². The van der Waals surface area contributed by atoms with Gasteiger partial charge in [-0.3, -0.25) is 4.79 Å². The first-order valence-electron chi connectivity index (χ1n) is 6.18. The van der Waals surface area contributed by atoms with Gasteiger partial charge in [0.2, 0.25) is 0 Å². The zero-order chi connectivity index (χ0) is 14.6. The third kappa shape index (κ3) is 3.35. The second kappa shape index (κ2) is 6.19. The summed E-state index contributed by atoms with van der Waals surface area (Å²) in [5, 5.41) is 11.9. The molecule has 104 valence electrons.